The predicted molar refractivity (Wildman–Crippen MR) is 47.2 cm³/mol. The Balaban J connectivity index is 3.29. The minimum Gasteiger partial charge on any atom is -0.476 e. The molecule has 1 N–H and O–H groups in total. The van der Waals surface area contributed by atoms with Crippen molar-refractivity contribution in [1.29, 1.82) is 0 Å². The fraction of sp³-hybridized carbons (Fsp3) is 0.429. The number of aromatic carboxylic acids is 1. The van der Waals surface area contributed by atoms with Crippen LogP contribution in [0.1, 0.15) is 23.0 Å². The van der Waals surface area contributed by atoms with Gasteiger partial charge in [0.05, 0.1) is 0 Å². The van der Waals surface area contributed by atoms with E-state index in [4.69, 9.17) is 5.11 Å². The van der Waals surface area contributed by atoms with Crippen molar-refractivity contribution in [2.24, 2.45) is 7.05 Å². The predicted octanol–water partition coefficient (Wildman–Crippen LogP) is 1.44. The summed E-state index contributed by atoms with van der Waals surface area (Å²) in [6, 6.07) is 0. The minimum atomic E-state index is -0.979. The van der Waals surface area contributed by atoms with Crippen LogP contribution in [0.25, 0.3) is 0 Å². The summed E-state index contributed by atoms with van der Waals surface area (Å²) in [5.74, 6) is -0.979. The van der Waals surface area contributed by atoms with Gasteiger partial charge in [-0.05, 0) is 22.4 Å². The first-order valence-corrected chi connectivity index (χ1v) is 4.31. The maximum Gasteiger partial charge on any atom is 0.356 e. The van der Waals surface area contributed by atoms with Crippen LogP contribution >= 0.6 is 15.9 Å². The molecule has 0 fully saturated rings. The Morgan fingerprint density at radius 2 is 2.33 bits per heavy atom. The van der Waals surface area contributed by atoms with Gasteiger partial charge in [-0.3, -0.25) is 4.68 Å². The second kappa shape index (κ2) is 3.26. The summed E-state index contributed by atoms with van der Waals surface area (Å²) >= 11 is 3.27. The number of carboxylic acid groups (broad SMARTS) is 1. The molecule has 4 nitrogen and oxygen atoms in total. The highest BCUT2D eigenvalue weighted by atomic mass is 79.9. The van der Waals surface area contributed by atoms with Gasteiger partial charge < -0.3 is 5.11 Å². The van der Waals surface area contributed by atoms with E-state index in [1.807, 2.05) is 6.92 Å². The molecule has 0 saturated carbocycles. The number of hydrogen-bond donors (Lipinski definition) is 1. The van der Waals surface area contributed by atoms with Crippen LogP contribution in [0.5, 0.6) is 0 Å². The highest BCUT2D eigenvalue weighted by Crippen LogP contribution is 2.20. The minimum absolute atomic E-state index is 0.131. The van der Waals surface area contributed by atoms with Gasteiger partial charge in [0.2, 0.25) is 0 Å². The number of aromatic nitrogens is 2. The third kappa shape index (κ3) is 1.36. The molecule has 0 aliphatic rings. The number of halogens is 1. The van der Waals surface area contributed by atoms with Gasteiger partial charge in [0.15, 0.2) is 5.69 Å². The maximum atomic E-state index is 10.6. The Morgan fingerprint density at radius 1 is 1.75 bits per heavy atom. The zero-order valence-corrected chi connectivity index (χ0v) is 8.42. The van der Waals surface area contributed by atoms with Crippen molar-refractivity contribution in [3.8, 4) is 0 Å². The van der Waals surface area contributed by atoms with Crippen LogP contribution in [0.3, 0.4) is 0 Å². The average Bonchev–Trinajstić information content (AvgIpc) is 2.29. The molecule has 0 bridgehead atoms. The SMILES string of the molecule is CCc1c(C(=O)O)nn(C)c1Br. The smallest absolute Gasteiger partial charge is 0.356 e. The monoisotopic (exact) mass is 232 g/mol. The Morgan fingerprint density at radius 3 is 2.67 bits per heavy atom. The molecule has 0 radical (unpaired) electrons. The first kappa shape index (κ1) is 9.25. The fourth-order valence-corrected chi connectivity index (χ4v) is 1.58. The Bertz CT molecular complexity index is 319. The normalized spacial score (nSPS) is 10.2. The van der Waals surface area contributed by atoms with E-state index in [0.29, 0.717) is 6.42 Å². The molecule has 0 saturated heterocycles. The lowest BCUT2D eigenvalue weighted by atomic mass is 10.2. The molecule has 66 valence electrons. The van der Waals surface area contributed by atoms with E-state index in [1.165, 1.54) is 4.68 Å². The van der Waals surface area contributed by atoms with Gasteiger partial charge in [-0.2, -0.15) is 5.10 Å². The van der Waals surface area contributed by atoms with Gasteiger partial charge in [0, 0.05) is 12.6 Å². The topological polar surface area (TPSA) is 55.1 Å². The quantitative estimate of drug-likeness (QED) is 0.840. The van der Waals surface area contributed by atoms with Crippen LogP contribution in [-0.4, -0.2) is 20.9 Å². The van der Waals surface area contributed by atoms with E-state index < -0.39 is 5.97 Å². The standard InChI is InChI=1S/C7H9BrN2O2/c1-3-4-5(7(11)12)9-10(2)6(4)8/h3H2,1-2H3,(H,11,12). The van der Waals surface area contributed by atoms with E-state index in [9.17, 15) is 4.79 Å². The number of aryl methyl sites for hydroxylation is 1. The lowest BCUT2D eigenvalue weighted by molar-refractivity contribution is 0.0688. The van der Waals surface area contributed by atoms with Gasteiger partial charge in [-0.25, -0.2) is 4.79 Å². The summed E-state index contributed by atoms with van der Waals surface area (Å²) in [4.78, 5) is 10.6. The van der Waals surface area contributed by atoms with Crippen molar-refractivity contribution in [2.75, 3.05) is 0 Å². The Kier molecular flexibility index (Phi) is 2.52. The van der Waals surface area contributed by atoms with Gasteiger partial charge >= 0.3 is 5.97 Å². The van der Waals surface area contributed by atoms with Crippen molar-refractivity contribution in [2.45, 2.75) is 13.3 Å². The molecule has 0 atom stereocenters. The van der Waals surface area contributed by atoms with Crippen molar-refractivity contribution < 1.29 is 9.90 Å². The summed E-state index contributed by atoms with van der Waals surface area (Å²) in [5.41, 5.74) is 0.872. The lowest BCUT2D eigenvalue weighted by Gasteiger charge is -1.93. The fourth-order valence-electron chi connectivity index (χ4n) is 1.03. The third-order valence-corrected chi connectivity index (χ3v) is 2.62. The molecule has 1 aromatic heterocycles. The molecule has 0 aromatic carbocycles. The van der Waals surface area contributed by atoms with E-state index in [1.54, 1.807) is 7.05 Å². The van der Waals surface area contributed by atoms with Crippen LogP contribution in [0.15, 0.2) is 4.60 Å². The largest absolute Gasteiger partial charge is 0.476 e. The molecule has 5 heteroatoms. The zero-order valence-electron chi connectivity index (χ0n) is 6.83. The first-order valence-electron chi connectivity index (χ1n) is 3.52. The van der Waals surface area contributed by atoms with Crippen molar-refractivity contribution in [3.05, 3.63) is 15.9 Å². The summed E-state index contributed by atoms with van der Waals surface area (Å²) < 4.78 is 2.25. The number of rotatable bonds is 2. The second-order valence-corrected chi connectivity index (χ2v) is 3.15. The number of hydrogen-bond acceptors (Lipinski definition) is 2. The molecule has 12 heavy (non-hydrogen) atoms. The summed E-state index contributed by atoms with van der Waals surface area (Å²) in [6.07, 6.45) is 0.663. The average molecular weight is 233 g/mol. The lowest BCUT2D eigenvalue weighted by Crippen LogP contribution is -2.01. The van der Waals surface area contributed by atoms with Crippen LogP contribution in [0.2, 0.25) is 0 Å². The second-order valence-electron chi connectivity index (χ2n) is 2.40. The molecule has 0 unspecified atom stereocenters. The number of carbonyl (C=O) groups is 1. The third-order valence-electron chi connectivity index (χ3n) is 1.63. The zero-order chi connectivity index (χ0) is 9.30. The van der Waals surface area contributed by atoms with Gasteiger partial charge in [-0.15, -0.1) is 0 Å². The van der Waals surface area contributed by atoms with Gasteiger partial charge in [0.25, 0.3) is 0 Å². The number of carboxylic acids is 1. The molecule has 1 rings (SSSR count). The van der Waals surface area contributed by atoms with Crippen molar-refractivity contribution in [1.82, 2.24) is 9.78 Å². The van der Waals surface area contributed by atoms with E-state index in [-0.39, 0.29) is 5.69 Å². The summed E-state index contributed by atoms with van der Waals surface area (Å²) in [7, 11) is 1.70. The first-order chi connectivity index (χ1) is 5.57. The Hall–Kier alpha value is -0.840. The molecule has 1 heterocycles. The summed E-state index contributed by atoms with van der Waals surface area (Å²) in [5, 5.41) is 12.6. The van der Waals surface area contributed by atoms with Crippen LogP contribution in [-0.2, 0) is 13.5 Å². The number of nitrogens with zero attached hydrogens (tertiary/aromatic N) is 2. The highest BCUT2D eigenvalue weighted by molar-refractivity contribution is 9.10. The molecule has 0 aliphatic heterocycles. The van der Waals surface area contributed by atoms with Crippen molar-refractivity contribution in [3.63, 3.8) is 0 Å². The van der Waals surface area contributed by atoms with E-state index >= 15 is 0 Å². The molecular weight excluding hydrogens is 224 g/mol. The molecular formula is C7H9BrN2O2. The molecule has 0 aliphatic carbocycles. The highest BCUT2D eigenvalue weighted by Gasteiger charge is 2.17. The van der Waals surface area contributed by atoms with Gasteiger partial charge in [-0.1, -0.05) is 6.92 Å². The van der Waals surface area contributed by atoms with E-state index in [2.05, 4.69) is 21.0 Å². The summed E-state index contributed by atoms with van der Waals surface area (Å²) in [6.45, 7) is 1.90. The molecule has 0 amide bonds. The van der Waals surface area contributed by atoms with Gasteiger partial charge in [0.1, 0.15) is 4.60 Å². The molecule has 1 aromatic rings. The van der Waals surface area contributed by atoms with Crippen LogP contribution < -0.4 is 0 Å². The van der Waals surface area contributed by atoms with Crippen molar-refractivity contribution >= 4 is 21.9 Å². The molecule has 0 spiro atoms. The van der Waals surface area contributed by atoms with Crippen LogP contribution in [0.4, 0.5) is 0 Å². The van der Waals surface area contributed by atoms with E-state index in [0.717, 1.165) is 10.2 Å². The Labute approximate surface area is 78.3 Å². The van der Waals surface area contributed by atoms with Crippen LogP contribution in [0, 0.1) is 0 Å². The maximum absolute atomic E-state index is 10.6.